The third-order valence-electron chi connectivity index (χ3n) is 2.98. The van der Waals surface area contributed by atoms with Crippen LogP contribution in [0.15, 0.2) is 53.4 Å². The molecule has 0 aliphatic rings. The van der Waals surface area contributed by atoms with Crippen molar-refractivity contribution in [3.05, 3.63) is 54.1 Å². The highest BCUT2D eigenvalue weighted by atomic mass is 32.2. The molecule has 7 heteroatoms. The summed E-state index contributed by atoms with van der Waals surface area (Å²) in [7, 11) is -0.752. The quantitative estimate of drug-likeness (QED) is 0.880. The van der Waals surface area contributed by atoms with Crippen molar-refractivity contribution in [3.8, 4) is 5.75 Å². The zero-order chi connectivity index (χ0) is 16.2. The summed E-state index contributed by atoms with van der Waals surface area (Å²) in [5.74, 6) is 0.283. The van der Waals surface area contributed by atoms with E-state index in [0.717, 1.165) is 0 Å². The molecule has 2 N–H and O–H groups in total. The molecule has 2 aromatic carbocycles. The average molecular weight is 320 g/mol. The molecule has 0 spiro atoms. The van der Waals surface area contributed by atoms with Crippen LogP contribution in [0.2, 0.25) is 0 Å². The summed E-state index contributed by atoms with van der Waals surface area (Å²) in [6, 6.07) is 12.3. The van der Waals surface area contributed by atoms with Crippen molar-refractivity contribution in [1.82, 2.24) is 5.32 Å². The van der Waals surface area contributed by atoms with Crippen LogP contribution in [-0.2, 0) is 10.0 Å². The van der Waals surface area contributed by atoms with Crippen LogP contribution in [-0.4, -0.2) is 28.5 Å². The topological polar surface area (TPSA) is 84.5 Å². The Bertz CT molecular complexity index is 770. The first-order chi connectivity index (χ1) is 10.5. The number of amides is 1. The molecule has 0 aliphatic heterocycles. The summed E-state index contributed by atoms with van der Waals surface area (Å²) < 4.78 is 32.2. The van der Waals surface area contributed by atoms with E-state index in [9.17, 15) is 13.2 Å². The van der Waals surface area contributed by atoms with Crippen LogP contribution in [0.25, 0.3) is 0 Å². The fourth-order valence-corrected chi connectivity index (χ4v) is 2.93. The van der Waals surface area contributed by atoms with Gasteiger partial charge in [-0.25, -0.2) is 8.42 Å². The van der Waals surface area contributed by atoms with Crippen LogP contribution in [0.4, 0.5) is 5.69 Å². The highest BCUT2D eigenvalue weighted by Crippen LogP contribution is 2.19. The molecule has 0 heterocycles. The van der Waals surface area contributed by atoms with Crippen LogP contribution in [0, 0.1) is 0 Å². The molecule has 116 valence electrons. The normalized spacial score (nSPS) is 10.8. The van der Waals surface area contributed by atoms with E-state index >= 15 is 0 Å². The molecule has 0 aliphatic carbocycles. The Balaban J connectivity index is 2.27. The van der Waals surface area contributed by atoms with Crippen molar-refractivity contribution in [2.75, 3.05) is 18.9 Å². The second-order valence-electron chi connectivity index (χ2n) is 4.44. The first kappa shape index (κ1) is 15.8. The van der Waals surface area contributed by atoms with E-state index in [2.05, 4.69) is 10.0 Å². The van der Waals surface area contributed by atoms with Gasteiger partial charge in [-0.2, -0.15) is 0 Å². The summed E-state index contributed by atoms with van der Waals surface area (Å²) >= 11 is 0. The molecular formula is C15H16N2O4S. The predicted octanol–water partition coefficient (Wildman–Crippen LogP) is 1.86. The van der Waals surface area contributed by atoms with E-state index in [-0.39, 0.29) is 16.4 Å². The van der Waals surface area contributed by atoms with E-state index in [0.29, 0.717) is 11.4 Å². The maximum atomic E-state index is 12.3. The fourth-order valence-electron chi connectivity index (χ4n) is 1.82. The van der Waals surface area contributed by atoms with Crippen molar-refractivity contribution in [1.29, 1.82) is 0 Å². The second-order valence-corrected chi connectivity index (χ2v) is 6.12. The number of rotatable bonds is 5. The molecule has 0 aromatic heterocycles. The Morgan fingerprint density at radius 3 is 2.36 bits per heavy atom. The fraction of sp³-hybridized carbons (Fsp3) is 0.133. The van der Waals surface area contributed by atoms with Crippen LogP contribution < -0.4 is 14.8 Å². The number of hydrogen-bond acceptors (Lipinski definition) is 4. The molecular weight excluding hydrogens is 304 g/mol. The molecule has 6 nitrogen and oxygen atoms in total. The predicted molar refractivity (Wildman–Crippen MR) is 83.6 cm³/mol. The van der Waals surface area contributed by atoms with Gasteiger partial charge in [-0.15, -0.1) is 0 Å². The minimum absolute atomic E-state index is 0.0180. The lowest BCUT2D eigenvalue weighted by atomic mass is 10.2. The maximum absolute atomic E-state index is 12.3. The second kappa shape index (κ2) is 6.48. The first-order valence-electron chi connectivity index (χ1n) is 6.45. The average Bonchev–Trinajstić information content (AvgIpc) is 2.54. The minimum Gasteiger partial charge on any atom is -0.497 e. The minimum atomic E-state index is -3.77. The number of nitrogens with one attached hydrogen (secondary N) is 2. The van der Waals surface area contributed by atoms with E-state index < -0.39 is 10.0 Å². The van der Waals surface area contributed by atoms with Gasteiger partial charge < -0.3 is 10.1 Å². The van der Waals surface area contributed by atoms with E-state index in [1.54, 1.807) is 30.3 Å². The molecule has 0 saturated heterocycles. The standard InChI is InChI=1S/C15H16N2O4S/c1-16-15(18)11-4-3-5-14(10-11)22(19,20)17-12-6-8-13(21-2)9-7-12/h3-10,17H,1-2H3,(H,16,18). The van der Waals surface area contributed by atoms with Gasteiger partial charge in [0, 0.05) is 18.3 Å². The highest BCUT2D eigenvalue weighted by molar-refractivity contribution is 7.92. The Morgan fingerprint density at radius 2 is 1.77 bits per heavy atom. The molecule has 2 aromatic rings. The lowest BCUT2D eigenvalue weighted by molar-refractivity contribution is 0.0963. The lowest BCUT2D eigenvalue weighted by Crippen LogP contribution is -2.19. The Morgan fingerprint density at radius 1 is 1.09 bits per heavy atom. The zero-order valence-electron chi connectivity index (χ0n) is 12.2. The molecule has 22 heavy (non-hydrogen) atoms. The number of sulfonamides is 1. The lowest BCUT2D eigenvalue weighted by Gasteiger charge is -2.09. The van der Waals surface area contributed by atoms with Gasteiger partial charge >= 0.3 is 0 Å². The number of ether oxygens (including phenoxy) is 1. The van der Waals surface area contributed by atoms with E-state index in [1.807, 2.05) is 0 Å². The van der Waals surface area contributed by atoms with Crippen LogP contribution in [0.3, 0.4) is 0 Å². The number of carbonyl (C=O) groups excluding carboxylic acids is 1. The highest BCUT2D eigenvalue weighted by Gasteiger charge is 2.16. The summed E-state index contributed by atoms with van der Waals surface area (Å²) in [6.45, 7) is 0. The van der Waals surface area contributed by atoms with Crippen molar-refractivity contribution >= 4 is 21.6 Å². The van der Waals surface area contributed by atoms with Crippen LogP contribution in [0.5, 0.6) is 5.75 Å². The van der Waals surface area contributed by atoms with Gasteiger partial charge in [-0.05, 0) is 42.5 Å². The monoisotopic (exact) mass is 320 g/mol. The first-order valence-corrected chi connectivity index (χ1v) is 7.93. The van der Waals surface area contributed by atoms with Gasteiger partial charge in [0.15, 0.2) is 0 Å². The molecule has 0 bridgehead atoms. The van der Waals surface area contributed by atoms with Crippen LogP contribution in [0.1, 0.15) is 10.4 Å². The number of hydrogen-bond donors (Lipinski definition) is 2. The summed E-state index contributed by atoms with van der Waals surface area (Å²) in [4.78, 5) is 11.6. The Labute approximate surface area is 129 Å². The van der Waals surface area contributed by atoms with Gasteiger partial charge in [0.05, 0.1) is 12.0 Å². The van der Waals surface area contributed by atoms with Crippen molar-refractivity contribution in [2.45, 2.75) is 4.90 Å². The largest absolute Gasteiger partial charge is 0.497 e. The molecule has 1 amide bonds. The third kappa shape index (κ3) is 3.56. The summed E-state index contributed by atoms with van der Waals surface area (Å²) in [5.41, 5.74) is 0.686. The van der Waals surface area contributed by atoms with Crippen molar-refractivity contribution in [3.63, 3.8) is 0 Å². The molecule has 0 fully saturated rings. The Kier molecular flexibility index (Phi) is 4.67. The van der Waals surface area contributed by atoms with Crippen LogP contribution >= 0.6 is 0 Å². The molecule has 0 atom stereocenters. The van der Waals surface area contributed by atoms with Gasteiger partial charge in [0.1, 0.15) is 5.75 Å². The Hall–Kier alpha value is -2.54. The zero-order valence-corrected chi connectivity index (χ0v) is 13.0. The summed E-state index contributed by atoms with van der Waals surface area (Å²) in [6.07, 6.45) is 0. The number of anilines is 1. The maximum Gasteiger partial charge on any atom is 0.261 e. The summed E-state index contributed by atoms with van der Waals surface area (Å²) in [5, 5.41) is 2.45. The smallest absolute Gasteiger partial charge is 0.261 e. The molecule has 0 radical (unpaired) electrons. The molecule has 0 unspecified atom stereocenters. The van der Waals surface area contributed by atoms with Gasteiger partial charge in [-0.3, -0.25) is 9.52 Å². The van der Waals surface area contributed by atoms with Gasteiger partial charge in [0.25, 0.3) is 15.9 Å². The van der Waals surface area contributed by atoms with E-state index in [4.69, 9.17) is 4.74 Å². The van der Waals surface area contributed by atoms with Gasteiger partial charge in [0.2, 0.25) is 0 Å². The number of benzene rings is 2. The number of carbonyl (C=O) groups is 1. The molecule has 2 rings (SSSR count). The third-order valence-corrected chi connectivity index (χ3v) is 4.35. The SMILES string of the molecule is CNC(=O)c1cccc(S(=O)(=O)Nc2ccc(OC)cc2)c1. The number of methoxy groups -OCH3 is 1. The van der Waals surface area contributed by atoms with Gasteiger partial charge in [-0.1, -0.05) is 6.07 Å². The van der Waals surface area contributed by atoms with Crippen molar-refractivity contribution < 1.29 is 17.9 Å². The van der Waals surface area contributed by atoms with Crippen molar-refractivity contribution in [2.24, 2.45) is 0 Å². The van der Waals surface area contributed by atoms with E-state index in [1.165, 1.54) is 32.4 Å². The molecule has 0 saturated carbocycles.